The molecule has 3 N–H and O–H groups in total. The molecule has 1 aromatic rings. The van der Waals surface area contributed by atoms with E-state index in [0.29, 0.717) is 0 Å². The molecule has 7 nitrogen and oxygen atoms in total. The Labute approximate surface area is 112 Å². The van der Waals surface area contributed by atoms with Gasteiger partial charge in [-0.2, -0.15) is 5.10 Å². The predicted molar refractivity (Wildman–Crippen MR) is 70.6 cm³/mol. The van der Waals surface area contributed by atoms with Crippen molar-refractivity contribution in [3.63, 3.8) is 0 Å². The summed E-state index contributed by atoms with van der Waals surface area (Å²) in [5, 5.41) is 6.78. The number of ether oxygens (including phenoxy) is 1. The summed E-state index contributed by atoms with van der Waals surface area (Å²) in [6.07, 6.45) is 1.46. The second-order valence-corrected chi connectivity index (χ2v) is 4.47. The van der Waals surface area contributed by atoms with E-state index in [2.05, 4.69) is 10.4 Å². The van der Waals surface area contributed by atoms with Crippen molar-refractivity contribution in [2.75, 3.05) is 12.3 Å². The van der Waals surface area contributed by atoms with Gasteiger partial charge in [-0.3, -0.25) is 9.48 Å². The highest BCUT2D eigenvalue weighted by Crippen LogP contribution is 2.15. The lowest BCUT2D eigenvalue weighted by Gasteiger charge is -2.14. The molecule has 0 aliphatic carbocycles. The van der Waals surface area contributed by atoms with Crippen molar-refractivity contribution in [2.45, 2.75) is 39.8 Å². The molecule has 1 unspecified atom stereocenters. The van der Waals surface area contributed by atoms with E-state index in [4.69, 9.17) is 10.5 Å². The molecule has 0 aromatic carbocycles. The van der Waals surface area contributed by atoms with Crippen LogP contribution in [0.3, 0.4) is 0 Å². The highest BCUT2D eigenvalue weighted by atomic mass is 16.5. The third kappa shape index (κ3) is 3.70. The highest BCUT2D eigenvalue weighted by Gasteiger charge is 2.21. The van der Waals surface area contributed by atoms with E-state index in [-0.39, 0.29) is 29.9 Å². The lowest BCUT2D eigenvalue weighted by Crippen LogP contribution is -2.35. The third-order valence-corrected chi connectivity index (χ3v) is 2.44. The van der Waals surface area contributed by atoms with Gasteiger partial charge in [0.2, 0.25) is 5.91 Å². The fraction of sp³-hybridized carbons (Fsp3) is 0.583. The average Bonchev–Trinajstić information content (AvgIpc) is 2.69. The van der Waals surface area contributed by atoms with Crippen LogP contribution in [-0.4, -0.2) is 34.3 Å². The maximum atomic E-state index is 11.8. The minimum Gasteiger partial charge on any atom is -0.461 e. The number of carbonyl (C=O) groups is 2. The quantitative estimate of drug-likeness (QED) is 0.767. The molecule has 1 amide bonds. The number of anilines is 1. The number of nitrogens with two attached hydrogens (primary N) is 1. The largest absolute Gasteiger partial charge is 0.461 e. The van der Waals surface area contributed by atoms with E-state index in [1.54, 1.807) is 13.8 Å². The van der Waals surface area contributed by atoms with Crippen molar-refractivity contribution in [3.05, 3.63) is 11.9 Å². The maximum Gasteiger partial charge on any atom is 0.361 e. The first-order chi connectivity index (χ1) is 8.86. The Morgan fingerprint density at radius 1 is 1.47 bits per heavy atom. The molecule has 0 aliphatic rings. The minimum atomic E-state index is -0.588. The standard InChI is InChI=1S/C12H20N4O3/c1-5-19-12(18)10-9(13)6-16(15-10)8(4)11(17)14-7(2)3/h6-8H,5,13H2,1-4H3,(H,14,17). The molecule has 0 bridgehead atoms. The number of nitrogens with one attached hydrogen (secondary N) is 1. The van der Waals surface area contributed by atoms with E-state index in [1.807, 2.05) is 13.8 Å². The van der Waals surface area contributed by atoms with Crippen LogP contribution in [0.25, 0.3) is 0 Å². The van der Waals surface area contributed by atoms with Crippen LogP contribution in [0.15, 0.2) is 6.20 Å². The van der Waals surface area contributed by atoms with Crippen molar-refractivity contribution in [3.8, 4) is 0 Å². The molecule has 0 saturated heterocycles. The number of hydrogen-bond acceptors (Lipinski definition) is 5. The van der Waals surface area contributed by atoms with Gasteiger partial charge in [0, 0.05) is 12.2 Å². The Balaban J connectivity index is 2.88. The first kappa shape index (κ1) is 15.0. The van der Waals surface area contributed by atoms with Crippen molar-refractivity contribution >= 4 is 17.6 Å². The molecule has 19 heavy (non-hydrogen) atoms. The summed E-state index contributed by atoms with van der Waals surface area (Å²) in [5.74, 6) is -0.775. The summed E-state index contributed by atoms with van der Waals surface area (Å²) < 4.78 is 6.19. The molecule has 106 valence electrons. The second kappa shape index (κ2) is 6.21. The Bertz CT molecular complexity index is 468. The monoisotopic (exact) mass is 268 g/mol. The van der Waals surface area contributed by atoms with Gasteiger partial charge in [-0.1, -0.05) is 0 Å². The zero-order valence-corrected chi connectivity index (χ0v) is 11.6. The summed E-state index contributed by atoms with van der Waals surface area (Å²) in [6, 6.07) is -0.514. The number of nitrogen functional groups attached to an aromatic ring is 1. The van der Waals surface area contributed by atoms with Crippen LogP contribution in [-0.2, 0) is 9.53 Å². The molecule has 0 saturated carbocycles. The predicted octanol–water partition coefficient (Wildman–Crippen LogP) is 0.728. The van der Waals surface area contributed by atoms with E-state index < -0.39 is 12.0 Å². The Hall–Kier alpha value is -2.05. The molecule has 7 heteroatoms. The van der Waals surface area contributed by atoms with Crippen LogP contribution >= 0.6 is 0 Å². The summed E-state index contributed by atoms with van der Waals surface area (Å²) in [7, 11) is 0. The number of rotatable bonds is 5. The number of esters is 1. The van der Waals surface area contributed by atoms with Gasteiger partial charge in [-0.15, -0.1) is 0 Å². The molecular weight excluding hydrogens is 248 g/mol. The summed E-state index contributed by atoms with van der Waals surface area (Å²) in [4.78, 5) is 23.4. The van der Waals surface area contributed by atoms with Crippen LogP contribution in [0.4, 0.5) is 5.69 Å². The molecule has 0 radical (unpaired) electrons. The Morgan fingerprint density at radius 2 is 2.11 bits per heavy atom. The van der Waals surface area contributed by atoms with E-state index in [9.17, 15) is 9.59 Å². The third-order valence-electron chi connectivity index (χ3n) is 2.44. The maximum absolute atomic E-state index is 11.8. The molecule has 0 fully saturated rings. The molecular formula is C12H20N4O3. The van der Waals surface area contributed by atoms with Gasteiger partial charge < -0.3 is 15.8 Å². The van der Waals surface area contributed by atoms with Crippen LogP contribution in [0.1, 0.15) is 44.2 Å². The fourth-order valence-electron chi connectivity index (χ4n) is 1.49. The first-order valence-corrected chi connectivity index (χ1v) is 6.18. The van der Waals surface area contributed by atoms with Crippen LogP contribution in [0, 0.1) is 0 Å². The van der Waals surface area contributed by atoms with E-state index >= 15 is 0 Å². The van der Waals surface area contributed by atoms with Crippen molar-refractivity contribution in [2.24, 2.45) is 0 Å². The molecule has 1 aromatic heterocycles. The zero-order chi connectivity index (χ0) is 14.6. The molecule has 1 rings (SSSR count). The summed E-state index contributed by atoms with van der Waals surface area (Å²) in [5.41, 5.74) is 5.93. The molecule has 0 aliphatic heterocycles. The van der Waals surface area contributed by atoms with Crippen LogP contribution < -0.4 is 11.1 Å². The normalized spacial score (nSPS) is 12.3. The second-order valence-electron chi connectivity index (χ2n) is 4.47. The van der Waals surface area contributed by atoms with Gasteiger partial charge in [0.1, 0.15) is 6.04 Å². The van der Waals surface area contributed by atoms with E-state index in [0.717, 1.165) is 0 Å². The van der Waals surface area contributed by atoms with E-state index in [1.165, 1.54) is 10.9 Å². The molecule has 1 heterocycles. The average molecular weight is 268 g/mol. The van der Waals surface area contributed by atoms with Gasteiger partial charge in [-0.25, -0.2) is 4.79 Å². The van der Waals surface area contributed by atoms with Gasteiger partial charge >= 0.3 is 5.97 Å². The van der Waals surface area contributed by atoms with Crippen LogP contribution in [0.2, 0.25) is 0 Å². The Morgan fingerprint density at radius 3 is 2.63 bits per heavy atom. The first-order valence-electron chi connectivity index (χ1n) is 6.18. The van der Waals surface area contributed by atoms with Crippen LogP contribution in [0.5, 0.6) is 0 Å². The summed E-state index contributed by atoms with van der Waals surface area (Å²) in [6.45, 7) is 7.36. The highest BCUT2D eigenvalue weighted by molar-refractivity contribution is 5.92. The van der Waals surface area contributed by atoms with Gasteiger partial charge in [0.15, 0.2) is 5.69 Å². The zero-order valence-electron chi connectivity index (χ0n) is 11.6. The molecule has 1 atom stereocenters. The number of carbonyl (C=O) groups excluding carboxylic acids is 2. The lowest BCUT2D eigenvalue weighted by molar-refractivity contribution is -0.124. The smallest absolute Gasteiger partial charge is 0.361 e. The molecule has 0 spiro atoms. The minimum absolute atomic E-state index is 0.0334. The van der Waals surface area contributed by atoms with Gasteiger partial charge in [-0.05, 0) is 27.7 Å². The SMILES string of the molecule is CCOC(=O)c1nn(C(C)C(=O)NC(C)C)cc1N. The Kier molecular flexibility index (Phi) is 4.91. The summed E-state index contributed by atoms with van der Waals surface area (Å²) >= 11 is 0. The fourth-order valence-corrected chi connectivity index (χ4v) is 1.49. The van der Waals surface area contributed by atoms with Gasteiger partial charge in [0.05, 0.1) is 12.3 Å². The van der Waals surface area contributed by atoms with Crippen molar-refractivity contribution in [1.82, 2.24) is 15.1 Å². The van der Waals surface area contributed by atoms with Crippen molar-refractivity contribution < 1.29 is 14.3 Å². The number of aromatic nitrogens is 2. The van der Waals surface area contributed by atoms with Crippen molar-refractivity contribution in [1.29, 1.82) is 0 Å². The number of amides is 1. The number of nitrogens with zero attached hydrogens (tertiary/aromatic N) is 2. The number of hydrogen-bond donors (Lipinski definition) is 2. The lowest BCUT2D eigenvalue weighted by atomic mass is 10.3. The van der Waals surface area contributed by atoms with Gasteiger partial charge in [0.25, 0.3) is 0 Å². The topological polar surface area (TPSA) is 99.2 Å².